The molecule has 0 fully saturated rings. The van der Waals surface area contributed by atoms with Crippen LogP contribution < -0.4 is 20.1 Å². The van der Waals surface area contributed by atoms with E-state index < -0.39 is 20.0 Å². The third-order valence-corrected chi connectivity index (χ3v) is 11.3. The molecule has 0 radical (unpaired) electrons. The highest BCUT2D eigenvalue weighted by molar-refractivity contribution is 7.00. The fraction of sp³-hybridized carbons (Fsp3) is 0.333. The normalized spacial score (nSPS) is 13.1. The van der Waals surface area contributed by atoms with Gasteiger partial charge in [0.15, 0.2) is 0 Å². The summed E-state index contributed by atoms with van der Waals surface area (Å²) in [6.45, 7) is 14.3. The Kier molecular flexibility index (Phi) is 9.57. The molecule has 0 bridgehead atoms. The Labute approximate surface area is 234 Å². The quantitative estimate of drug-likeness (QED) is 0.181. The number of hydrogen-bond acceptors (Lipinski definition) is 4. The Morgan fingerprint density at radius 1 is 0.897 bits per heavy atom. The van der Waals surface area contributed by atoms with Gasteiger partial charge in [-0.1, -0.05) is 94.4 Å². The van der Waals surface area contributed by atoms with Gasteiger partial charge in [0.2, 0.25) is 0 Å². The molecule has 0 saturated heterocycles. The van der Waals surface area contributed by atoms with E-state index in [-0.39, 0.29) is 11.0 Å². The summed E-state index contributed by atoms with van der Waals surface area (Å²) in [5, 5.41) is 5.01. The zero-order valence-electron chi connectivity index (χ0n) is 24.2. The number of allylic oxidation sites excluding steroid dienone is 2. The molecule has 6 heteroatoms. The van der Waals surface area contributed by atoms with Crippen LogP contribution in [-0.2, 0) is 16.0 Å². The standard InChI is InChI=1S/C33H41NO4Si/c1-25(15-14-20-35)21-26-22-27(34-31(36)37-32(2,3)4)24-28(23-26)38-39(33(5,6)7,29-16-10-8-11-17-29)30-18-12-9-13-19-30/h8-20,22-25H,21H2,1-7H3,(H,34,36)/b15-14+/t25-/m0/s1. The highest BCUT2D eigenvalue weighted by Gasteiger charge is 2.52. The Morgan fingerprint density at radius 3 is 1.95 bits per heavy atom. The largest absolute Gasteiger partial charge is 0.534 e. The van der Waals surface area contributed by atoms with E-state index in [1.165, 1.54) is 6.08 Å². The molecule has 0 aromatic heterocycles. The number of anilines is 1. The zero-order chi connectivity index (χ0) is 28.7. The highest BCUT2D eigenvalue weighted by Crippen LogP contribution is 2.38. The number of rotatable bonds is 9. The smallest absolute Gasteiger partial charge is 0.412 e. The van der Waals surface area contributed by atoms with Crippen LogP contribution in [0.15, 0.2) is 91.0 Å². The van der Waals surface area contributed by atoms with Crippen molar-refractivity contribution in [2.24, 2.45) is 5.92 Å². The van der Waals surface area contributed by atoms with Crippen molar-refractivity contribution in [2.45, 2.75) is 65.5 Å². The van der Waals surface area contributed by atoms with Gasteiger partial charge in [-0.15, -0.1) is 0 Å². The van der Waals surface area contributed by atoms with Crippen molar-refractivity contribution >= 4 is 36.8 Å². The number of carbonyl (C=O) groups excluding carboxylic acids is 2. The first-order valence-corrected chi connectivity index (χ1v) is 15.3. The number of benzene rings is 3. The van der Waals surface area contributed by atoms with Crippen molar-refractivity contribution in [3.63, 3.8) is 0 Å². The van der Waals surface area contributed by atoms with Gasteiger partial charge >= 0.3 is 14.4 Å². The van der Waals surface area contributed by atoms with E-state index in [1.807, 2.05) is 57.2 Å². The molecular formula is C33H41NO4Si. The molecular weight excluding hydrogens is 502 g/mol. The van der Waals surface area contributed by atoms with Gasteiger partial charge in [-0.2, -0.15) is 0 Å². The molecule has 0 heterocycles. The minimum absolute atomic E-state index is 0.118. The number of amides is 1. The van der Waals surface area contributed by atoms with Crippen LogP contribution in [0.25, 0.3) is 0 Å². The molecule has 0 saturated carbocycles. The lowest BCUT2D eigenvalue weighted by Gasteiger charge is -2.43. The van der Waals surface area contributed by atoms with Gasteiger partial charge in [0.05, 0.1) is 0 Å². The Hall–Kier alpha value is -3.64. The minimum Gasteiger partial charge on any atom is -0.534 e. The number of nitrogens with one attached hydrogen (secondary N) is 1. The molecule has 1 N–H and O–H groups in total. The summed E-state index contributed by atoms with van der Waals surface area (Å²) < 4.78 is 12.8. The van der Waals surface area contributed by atoms with E-state index in [0.29, 0.717) is 17.9 Å². The molecule has 1 atom stereocenters. The zero-order valence-corrected chi connectivity index (χ0v) is 25.2. The summed E-state index contributed by atoms with van der Waals surface area (Å²) in [5.41, 5.74) is 0.963. The minimum atomic E-state index is -2.88. The molecule has 0 aliphatic carbocycles. The SMILES string of the molecule is C[C@@H](/C=C/C=O)Cc1cc(NC(=O)OC(C)(C)C)cc(O[Si](c2ccccc2)(c2ccccc2)C(C)(C)C)c1. The van der Waals surface area contributed by atoms with E-state index in [1.54, 1.807) is 0 Å². The maximum atomic E-state index is 12.7. The van der Waals surface area contributed by atoms with Gasteiger partial charge in [0, 0.05) is 11.8 Å². The molecule has 3 aromatic rings. The van der Waals surface area contributed by atoms with E-state index in [2.05, 4.69) is 81.5 Å². The Balaban J connectivity index is 2.16. The Morgan fingerprint density at radius 2 is 1.46 bits per heavy atom. The topological polar surface area (TPSA) is 64.6 Å². The van der Waals surface area contributed by atoms with Crippen molar-refractivity contribution in [3.8, 4) is 5.75 Å². The van der Waals surface area contributed by atoms with Crippen LogP contribution in [0.1, 0.15) is 54.0 Å². The third-order valence-electron chi connectivity index (χ3n) is 6.38. The van der Waals surface area contributed by atoms with Crippen molar-refractivity contribution < 1.29 is 18.8 Å². The third kappa shape index (κ3) is 7.93. The highest BCUT2D eigenvalue weighted by atomic mass is 28.4. The van der Waals surface area contributed by atoms with Crippen LogP contribution in [0.3, 0.4) is 0 Å². The first-order valence-electron chi connectivity index (χ1n) is 13.4. The van der Waals surface area contributed by atoms with Gasteiger partial charge in [0.25, 0.3) is 0 Å². The van der Waals surface area contributed by atoms with E-state index >= 15 is 0 Å². The van der Waals surface area contributed by atoms with Crippen molar-refractivity contribution in [3.05, 3.63) is 96.6 Å². The number of aldehydes is 1. The maximum absolute atomic E-state index is 12.7. The first-order chi connectivity index (χ1) is 18.3. The summed E-state index contributed by atoms with van der Waals surface area (Å²) in [6, 6.07) is 26.7. The van der Waals surface area contributed by atoms with E-state index in [9.17, 15) is 9.59 Å². The van der Waals surface area contributed by atoms with Gasteiger partial charge < -0.3 is 9.16 Å². The fourth-order valence-corrected chi connectivity index (χ4v) is 9.23. The van der Waals surface area contributed by atoms with Crippen molar-refractivity contribution in [1.29, 1.82) is 0 Å². The van der Waals surface area contributed by atoms with Crippen molar-refractivity contribution in [2.75, 3.05) is 5.32 Å². The summed E-state index contributed by atoms with van der Waals surface area (Å²) in [6.07, 6.45) is 4.33. The molecule has 0 unspecified atom stereocenters. The fourth-order valence-electron chi connectivity index (χ4n) is 4.83. The Bertz CT molecular complexity index is 1240. The maximum Gasteiger partial charge on any atom is 0.412 e. The average molecular weight is 544 g/mol. The molecule has 1 amide bonds. The second-order valence-corrected chi connectivity index (χ2v) is 16.2. The van der Waals surface area contributed by atoms with Crippen LogP contribution in [0.5, 0.6) is 5.75 Å². The first kappa shape index (κ1) is 29.9. The summed E-state index contributed by atoms with van der Waals surface area (Å²) in [7, 11) is -2.88. The summed E-state index contributed by atoms with van der Waals surface area (Å²) in [4.78, 5) is 23.5. The second kappa shape index (κ2) is 12.5. The molecule has 0 aliphatic rings. The number of ether oxygens (including phenoxy) is 1. The lowest BCUT2D eigenvalue weighted by atomic mass is 10.00. The molecule has 5 nitrogen and oxygen atoms in total. The lowest BCUT2D eigenvalue weighted by molar-refractivity contribution is -0.104. The monoisotopic (exact) mass is 543 g/mol. The van der Waals surface area contributed by atoms with Crippen LogP contribution in [0.2, 0.25) is 5.04 Å². The summed E-state index contributed by atoms with van der Waals surface area (Å²) >= 11 is 0. The van der Waals surface area contributed by atoms with E-state index in [0.717, 1.165) is 22.2 Å². The van der Waals surface area contributed by atoms with Gasteiger partial charge in [0.1, 0.15) is 17.6 Å². The molecule has 0 aliphatic heterocycles. The van der Waals surface area contributed by atoms with Crippen molar-refractivity contribution in [1.82, 2.24) is 0 Å². The van der Waals surface area contributed by atoms with Gasteiger partial charge in [-0.05, 0) is 72.3 Å². The molecule has 0 spiro atoms. The molecule has 206 valence electrons. The van der Waals surface area contributed by atoms with Gasteiger partial charge in [-0.3, -0.25) is 10.1 Å². The predicted molar refractivity (Wildman–Crippen MR) is 163 cm³/mol. The molecule has 3 rings (SSSR count). The molecule has 39 heavy (non-hydrogen) atoms. The summed E-state index contributed by atoms with van der Waals surface area (Å²) in [5.74, 6) is 0.798. The van der Waals surface area contributed by atoms with Crippen LogP contribution in [0, 0.1) is 5.92 Å². The van der Waals surface area contributed by atoms with Crippen LogP contribution in [-0.4, -0.2) is 26.3 Å². The lowest BCUT2D eigenvalue weighted by Crippen LogP contribution is -2.68. The van der Waals surface area contributed by atoms with Gasteiger partial charge in [-0.25, -0.2) is 4.79 Å². The molecule has 3 aromatic carbocycles. The van der Waals surface area contributed by atoms with Crippen LogP contribution in [0.4, 0.5) is 10.5 Å². The van der Waals surface area contributed by atoms with E-state index in [4.69, 9.17) is 9.16 Å². The second-order valence-electron chi connectivity index (χ2n) is 12.0. The number of carbonyl (C=O) groups is 2. The average Bonchev–Trinajstić information content (AvgIpc) is 2.85. The predicted octanol–water partition coefficient (Wildman–Crippen LogP) is 6.91. The number of hydrogen-bond donors (Lipinski definition) is 1. The van der Waals surface area contributed by atoms with Crippen LogP contribution >= 0.6 is 0 Å².